The molecule has 4 heteroatoms. The van der Waals surface area contributed by atoms with Crippen LogP contribution in [-0.4, -0.2) is 11.2 Å². The van der Waals surface area contributed by atoms with Crippen LogP contribution in [0.25, 0.3) is 10.8 Å². The number of aromatic amines is 1. The number of nitrogens with zero attached hydrogens (tertiary/aromatic N) is 1. The second kappa shape index (κ2) is 3.33. The van der Waals surface area contributed by atoms with E-state index in [0.717, 1.165) is 10.9 Å². The van der Waals surface area contributed by atoms with Crippen molar-refractivity contribution in [1.29, 1.82) is 0 Å². The average molecular weight is 187 g/mol. The maximum Gasteiger partial charge on any atom is 0.255 e. The largest absolute Gasteiger partial charge is 0.329 e. The minimum absolute atomic E-state index is 0.102. The van der Waals surface area contributed by atoms with Crippen LogP contribution in [-0.2, 0) is 0 Å². The third kappa shape index (κ3) is 1.26. The van der Waals surface area contributed by atoms with E-state index >= 15 is 0 Å². The van der Waals surface area contributed by atoms with Gasteiger partial charge in [0, 0.05) is 17.1 Å². The molecule has 4 nitrogen and oxygen atoms in total. The van der Waals surface area contributed by atoms with Gasteiger partial charge >= 0.3 is 0 Å². The number of hydrogen-bond donors (Lipinski definition) is 2. The molecule has 70 valence electrons. The Morgan fingerprint density at radius 1 is 1.29 bits per heavy atom. The normalized spacial score (nSPS) is 11.1. The predicted molar refractivity (Wildman–Crippen MR) is 56.4 cm³/mol. The molecule has 0 aliphatic heterocycles. The van der Waals surface area contributed by atoms with E-state index in [1.807, 2.05) is 12.1 Å². The lowest BCUT2D eigenvalue weighted by atomic mass is 10.1. The Hall–Kier alpha value is -2.10. The highest BCUT2D eigenvalue weighted by atomic mass is 16.1. The summed E-state index contributed by atoms with van der Waals surface area (Å²) in [6, 6.07) is 7.25. The number of pyridine rings is 1. The van der Waals surface area contributed by atoms with Gasteiger partial charge in [0.2, 0.25) is 0 Å². The Kier molecular flexibility index (Phi) is 2.02. The first-order valence-electron chi connectivity index (χ1n) is 4.16. The molecule has 2 rings (SSSR count). The Bertz CT molecular complexity index is 542. The third-order valence-electron chi connectivity index (χ3n) is 2.06. The zero-order chi connectivity index (χ0) is 9.97. The molecule has 0 unspecified atom stereocenters. The second-order valence-corrected chi connectivity index (χ2v) is 2.89. The quantitative estimate of drug-likeness (QED) is 0.394. The SMILES string of the molecule is NN=Cc1cccc2c(=O)[nH]ccc12. The molecule has 1 aromatic carbocycles. The molecule has 0 radical (unpaired) electrons. The second-order valence-electron chi connectivity index (χ2n) is 2.89. The smallest absolute Gasteiger partial charge is 0.255 e. The van der Waals surface area contributed by atoms with Gasteiger partial charge in [0.25, 0.3) is 5.56 Å². The van der Waals surface area contributed by atoms with Crippen LogP contribution >= 0.6 is 0 Å². The highest BCUT2D eigenvalue weighted by Gasteiger charge is 2.00. The number of rotatable bonds is 1. The molecule has 0 aliphatic rings. The van der Waals surface area contributed by atoms with Gasteiger partial charge in [-0.05, 0) is 17.5 Å². The lowest BCUT2D eigenvalue weighted by Gasteiger charge is -1.99. The van der Waals surface area contributed by atoms with Crippen LogP contribution in [0.4, 0.5) is 0 Å². The van der Waals surface area contributed by atoms with Crippen LogP contribution in [0.1, 0.15) is 5.56 Å². The van der Waals surface area contributed by atoms with Gasteiger partial charge in [-0.25, -0.2) is 0 Å². The molecule has 0 spiro atoms. The molecular formula is C10H9N3O. The van der Waals surface area contributed by atoms with Crippen LogP contribution in [0, 0.1) is 0 Å². The van der Waals surface area contributed by atoms with E-state index in [-0.39, 0.29) is 5.56 Å². The molecule has 14 heavy (non-hydrogen) atoms. The number of fused-ring (bicyclic) bond motifs is 1. The molecule has 3 N–H and O–H groups in total. The number of hydrazone groups is 1. The van der Waals surface area contributed by atoms with Gasteiger partial charge in [-0.2, -0.15) is 5.10 Å². The molecule has 0 atom stereocenters. The van der Waals surface area contributed by atoms with Crippen molar-refractivity contribution in [2.75, 3.05) is 0 Å². The van der Waals surface area contributed by atoms with Crippen LogP contribution in [0.15, 0.2) is 40.4 Å². The Morgan fingerprint density at radius 3 is 2.93 bits per heavy atom. The van der Waals surface area contributed by atoms with Gasteiger partial charge in [0.05, 0.1) is 6.21 Å². The highest BCUT2D eigenvalue weighted by molar-refractivity contribution is 5.99. The summed E-state index contributed by atoms with van der Waals surface area (Å²) in [5.41, 5.74) is 0.742. The first kappa shape index (κ1) is 8.50. The minimum atomic E-state index is -0.102. The molecule has 0 amide bonds. The zero-order valence-electron chi connectivity index (χ0n) is 7.40. The van der Waals surface area contributed by atoms with Crippen molar-refractivity contribution in [3.8, 4) is 0 Å². The van der Waals surface area contributed by atoms with E-state index in [1.54, 1.807) is 18.3 Å². The lowest BCUT2D eigenvalue weighted by molar-refractivity contribution is 1.26. The number of nitrogens with two attached hydrogens (primary N) is 1. The van der Waals surface area contributed by atoms with Crippen LogP contribution in [0.5, 0.6) is 0 Å². The van der Waals surface area contributed by atoms with E-state index in [2.05, 4.69) is 10.1 Å². The Balaban J connectivity index is 2.88. The summed E-state index contributed by atoms with van der Waals surface area (Å²) >= 11 is 0. The minimum Gasteiger partial charge on any atom is -0.329 e. The topological polar surface area (TPSA) is 71.2 Å². The number of benzene rings is 1. The van der Waals surface area contributed by atoms with Gasteiger partial charge in [-0.1, -0.05) is 12.1 Å². The van der Waals surface area contributed by atoms with Crippen molar-refractivity contribution in [2.24, 2.45) is 10.9 Å². The van der Waals surface area contributed by atoms with E-state index in [1.165, 1.54) is 6.21 Å². The van der Waals surface area contributed by atoms with E-state index in [0.29, 0.717) is 5.39 Å². The molecule has 2 aromatic rings. The summed E-state index contributed by atoms with van der Waals surface area (Å²) in [6.45, 7) is 0. The fraction of sp³-hybridized carbons (Fsp3) is 0. The monoisotopic (exact) mass is 187 g/mol. The fourth-order valence-electron chi connectivity index (χ4n) is 1.44. The van der Waals surface area contributed by atoms with Gasteiger partial charge in [-0.3, -0.25) is 4.79 Å². The Labute approximate surface area is 80.1 Å². The molecule has 0 fully saturated rings. The summed E-state index contributed by atoms with van der Waals surface area (Å²) in [5.74, 6) is 5.07. The van der Waals surface area contributed by atoms with Crippen molar-refractivity contribution < 1.29 is 0 Å². The standard InChI is InChI=1S/C10H9N3O/c11-13-6-7-2-1-3-9-8(7)4-5-12-10(9)14/h1-6H,11H2,(H,12,14). The van der Waals surface area contributed by atoms with E-state index in [4.69, 9.17) is 5.84 Å². The summed E-state index contributed by atoms with van der Waals surface area (Å²) in [4.78, 5) is 14.0. The number of H-pyrrole nitrogens is 1. The van der Waals surface area contributed by atoms with E-state index in [9.17, 15) is 4.79 Å². The summed E-state index contributed by atoms with van der Waals surface area (Å²) in [5, 5.41) is 4.94. The Morgan fingerprint density at radius 2 is 2.14 bits per heavy atom. The molecule has 0 bridgehead atoms. The molecule has 0 saturated heterocycles. The molecule has 1 aromatic heterocycles. The number of aromatic nitrogens is 1. The van der Waals surface area contributed by atoms with Gasteiger partial charge in [0.15, 0.2) is 0 Å². The third-order valence-corrected chi connectivity index (χ3v) is 2.06. The van der Waals surface area contributed by atoms with Crippen LogP contribution < -0.4 is 11.4 Å². The summed E-state index contributed by atoms with van der Waals surface area (Å²) in [7, 11) is 0. The summed E-state index contributed by atoms with van der Waals surface area (Å²) < 4.78 is 0. The van der Waals surface area contributed by atoms with Crippen molar-refractivity contribution in [3.05, 3.63) is 46.4 Å². The van der Waals surface area contributed by atoms with E-state index < -0.39 is 0 Å². The predicted octanol–water partition coefficient (Wildman–Crippen LogP) is 0.821. The fourth-order valence-corrected chi connectivity index (χ4v) is 1.44. The molecular weight excluding hydrogens is 178 g/mol. The first-order valence-corrected chi connectivity index (χ1v) is 4.16. The average Bonchev–Trinajstić information content (AvgIpc) is 2.20. The highest BCUT2D eigenvalue weighted by Crippen LogP contribution is 2.12. The van der Waals surface area contributed by atoms with Gasteiger partial charge < -0.3 is 10.8 Å². The molecule has 0 saturated carbocycles. The lowest BCUT2D eigenvalue weighted by Crippen LogP contribution is -2.05. The van der Waals surface area contributed by atoms with Gasteiger partial charge in [0.1, 0.15) is 0 Å². The summed E-state index contributed by atoms with van der Waals surface area (Å²) in [6.07, 6.45) is 3.14. The van der Waals surface area contributed by atoms with Crippen molar-refractivity contribution in [2.45, 2.75) is 0 Å². The van der Waals surface area contributed by atoms with Crippen molar-refractivity contribution >= 4 is 17.0 Å². The first-order chi connectivity index (χ1) is 6.83. The van der Waals surface area contributed by atoms with Crippen molar-refractivity contribution in [3.63, 3.8) is 0 Å². The number of hydrogen-bond acceptors (Lipinski definition) is 3. The molecule has 0 aliphatic carbocycles. The number of nitrogens with one attached hydrogen (secondary N) is 1. The van der Waals surface area contributed by atoms with Crippen LogP contribution in [0.2, 0.25) is 0 Å². The molecule has 1 heterocycles. The van der Waals surface area contributed by atoms with Crippen molar-refractivity contribution in [1.82, 2.24) is 4.98 Å². The maximum atomic E-state index is 11.4. The maximum absolute atomic E-state index is 11.4. The zero-order valence-corrected chi connectivity index (χ0v) is 7.40. The van der Waals surface area contributed by atoms with Gasteiger partial charge in [-0.15, -0.1) is 0 Å². The van der Waals surface area contributed by atoms with Crippen LogP contribution in [0.3, 0.4) is 0 Å².